The minimum absolute atomic E-state index is 0.108. The normalized spacial score (nSPS) is 15.6. The second-order valence-corrected chi connectivity index (χ2v) is 9.64. The van der Waals surface area contributed by atoms with E-state index in [9.17, 15) is 13.2 Å². The molecule has 0 saturated carbocycles. The van der Waals surface area contributed by atoms with E-state index in [1.807, 2.05) is 37.3 Å². The molecule has 0 radical (unpaired) electrons. The number of nitrogens with zero attached hydrogens (tertiary/aromatic N) is 3. The molecule has 0 spiro atoms. The molecular formula is C20H22N4O3S2. The number of amides is 1. The fourth-order valence-electron chi connectivity index (χ4n) is 3.56. The van der Waals surface area contributed by atoms with Gasteiger partial charge in [-0.05, 0) is 41.4 Å². The van der Waals surface area contributed by atoms with Crippen LogP contribution in [0.15, 0.2) is 47.4 Å². The first kappa shape index (κ1) is 19.8. The molecule has 1 aromatic heterocycles. The molecule has 1 aliphatic heterocycles. The van der Waals surface area contributed by atoms with Crippen LogP contribution in [0.1, 0.15) is 16.1 Å². The number of benzene rings is 2. The van der Waals surface area contributed by atoms with Gasteiger partial charge in [-0.15, -0.1) is 0 Å². The summed E-state index contributed by atoms with van der Waals surface area (Å²) in [5.41, 5.74) is 1.26. The van der Waals surface area contributed by atoms with E-state index in [0.717, 1.165) is 15.8 Å². The van der Waals surface area contributed by atoms with Gasteiger partial charge in [-0.1, -0.05) is 30.3 Å². The third-order valence-corrected chi connectivity index (χ3v) is 8.04. The number of sulfonamides is 1. The Balaban J connectivity index is 1.51. The number of piperazine rings is 1. The zero-order valence-electron chi connectivity index (χ0n) is 16.3. The zero-order chi connectivity index (χ0) is 20.6. The zero-order valence-corrected chi connectivity index (χ0v) is 17.9. The average molecular weight is 431 g/mol. The summed E-state index contributed by atoms with van der Waals surface area (Å²) in [7, 11) is -1.84. The Kier molecular flexibility index (Phi) is 5.28. The molecule has 0 aliphatic carbocycles. The lowest BCUT2D eigenvalue weighted by molar-refractivity contribution is 0.0698. The first-order valence-corrected chi connectivity index (χ1v) is 11.6. The Labute approximate surface area is 174 Å². The minimum atomic E-state index is -3.60. The highest BCUT2D eigenvalue weighted by molar-refractivity contribution is 7.89. The molecule has 29 heavy (non-hydrogen) atoms. The van der Waals surface area contributed by atoms with Crippen LogP contribution >= 0.6 is 11.5 Å². The van der Waals surface area contributed by atoms with Gasteiger partial charge in [0, 0.05) is 33.2 Å². The van der Waals surface area contributed by atoms with Crippen molar-refractivity contribution in [1.29, 1.82) is 0 Å². The third-order valence-electron chi connectivity index (χ3n) is 5.19. The predicted molar refractivity (Wildman–Crippen MR) is 115 cm³/mol. The van der Waals surface area contributed by atoms with Crippen LogP contribution < -0.4 is 5.32 Å². The molecule has 1 aliphatic rings. The lowest BCUT2D eigenvalue weighted by Crippen LogP contribution is -2.50. The van der Waals surface area contributed by atoms with Crippen LogP contribution in [0.25, 0.3) is 10.8 Å². The SMILES string of the molecule is CNc1snc(C)c1C(=O)N1CCN(S(=O)(=O)c2ccc3ccccc3c2)CC1. The smallest absolute Gasteiger partial charge is 0.258 e. The van der Waals surface area contributed by atoms with Crippen molar-refractivity contribution < 1.29 is 13.2 Å². The number of carbonyl (C=O) groups is 1. The van der Waals surface area contributed by atoms with E-state index in [0.29, 0.717) is 24.3 Å². The number of anilines is 1. The maximum absolute atomic E-state index is 13.1. The highest BCUT2D eigenvalue weighted by Gasteiger charge is 2.32. The lowest BCUT2D eigenvalue weighted by atomic mass is 10.1. The molecular weight excluding hydrogens is 408 g/mol. The Hall–Kier alpha value is -2.49. The molecule has 152 valence electrons. The van der Waals surface area contributed by atoms with E-state index >= 15 is 0 Å². The lowest BCUT2D eigenvalue weighted by Gasteiger charge is -2.34. The molecule has 1 amide bonds. The fraction of sp³-hybridized carbons (Fsp3) is 0.300. The minimum Gasteiger partial charge on any atom is -0.378 e. The van der Waals surface area contributed by atoms with Gasteiger partial charge in [0.15, 0.2) is 0 Å². The Morgan fingerprint density at radius 1 is 1.07 bits per heavy atom. The van der Waals surface area contributed by atoms with Gasteiger partial charge in [-0.25, -0.2) is 8.42 Å². The molecule has 1 saturated heterocycles. The van der Waals surface area contributed by atoms with Crippen molar-refractivity contribution in [3.8, 4) is 0 Å². The fourth-order valence-corrected chi connectivity index (χ4v) is 5.75. The van der Waals surface area contributed by atoms with Crippen molar-refractivity contribution >= 4 is 43.2 Å². The summed E-state index contributed by atoms with van der Waals surface area (Å²) in [6.07, 6.45) is 0. The monoisotopic (exact) mass is 430 g/mol. The Morgan fingerprint density at radius 2 is 1.76 bits per heavy atom. The summed E-state index contributed by atoms with van der Waals surface area (Å²) in [6, 6.07) is 12.9. The third kappa shape index (κ3) is 3.61. The van der Waals surface area contributed by atoms with Gasteiger partial charge in [-0.2, -0.15) is 8.68 Å². The molecule has 0 unspecified atom stereocenters. The van der Waals surface area contributed by atoms with Crippen LogP contribution in [0.2, 0.25) is 0 Å². The maximum Gasteiger partial charge on any atom is 0.258 e. The largest absolute Gasteiger partial charge is 0.378 e. The predicted octanol–water partition coefficient (Wildman–Crippen LogP) is 2.79. The van der Waals surface area contributed by atoms with Crippen molar-refractivity contribution in [2.45, 2.75) is 11.8 Å². The Bertz CT molecular complexity index is 1170. The van der Waals surface area contributed by atoms with Crippen LogP contribution in [0.4, 0.5) is 5.00 Å². The molecule has 2 aromatic carbocycles. The van der Waals surface area contributed by atoms with Gasteiger partial charge in [-0.3, -0.25) is 4.79 Å². The average Bonchev–Trinajstić information content (AvgIpc) is 3.13. The molecule has 7 nitrogen and oxygen atoms in total. The highest BCUT2D eigenvalue weighted by atomic mass is 32.2. The molecule has 1 N–H and O–H groups in total. The van der Waals surface area contributed by atoms with Crippen molar-refractivity contribution in [3.63, 3.8) is 0 Å². The first-order valence-electron chi connectivity index (χ1n) is 9.34. The first-order chi connectivity index (χ1) is 13.9. The van der Waals surface area contributed by atoms with E-state index in [4.69, 9.17) is 0 Å². The van der Waals surface area contributed by atoms with Gasteiger partial charge in [0.2, 0.25) is 10.0 Å². The molecule has 0 bridgehead atoms. The van der Waals surface area contributed by atoms with Crippen molar-refractivity contribution in [2.24, 2.45) is 0 Å². The quantitative estimate of drug-likeness (QED) is 0.688. The van der Waals surface area contributed by atoms with Crippen LogP contribution in [0.5, 0.6) is 0 Å². The molecule has 3 aromatic rings. The summed E-state index contributed by atoms with van der Waals surface area (Å²) in [6.45, 7) is 3.05. The Morgan fingerprint density at radius 3 is 2.45 bits per heavy atom. The topological polar surface area (TPSA) is 82.6 Å². The second-order valence-electron chi connectivity index (χ2n) is 6.93. The number of aromatic nitrogens is 1. The summed E-state index contributed by atoms with van der Waals surface area (Å²) >= 11 is 1.26. The molecule has 4 rings (SSSR count). The second kappa shape index (κ2) is 7.74. The molecule has 1 fully saturated rings. The van der Waals surface area contributed by atoms with Crippen molar-refractivity contribution in [3.05, 3.63) is 53.7 Å². The molecule has 0 atom stereocenters. The van der Waals surface area contributed by atoms with Crippen LogP contribution in [0, 0.1) is 6.92 Å². The highest BCUT2D eigenvalue weighted by Crippen LogP contribution is 2.27. The number of hydrogen-bond acceptors (Lipinski definition) is 6. The number of aryl methyl sites for hydroxylation is 1. The van der Waals surface area contributed by atoms with E-state index < -0.39 is 10.0 Å². The van der Waals surface area contributed by atoms with E-state index in [1.54, 1.807) is 24.1 Å². The summed E-state index contributed by atoms with van der Waals surface area (Å²) in [5, 5.41) is 5.64. The van der Waals surface area contributed by atoms with Gasteiger partial charge < -0.3 is 10.2 Å². The standard InChI is InChI=1S/C20H22N4O3S2/c1-14-18(19(21-2)28-22-14)20(25)23-9-11-24(12-10-23)29(26,27)17-8-7-15-5-3-4-6-16(15)13-17/h3-8,13,21H,9-12H2,1-2H3. The van der Waals surface area contributed by atoms with Gasteiger partial charge in [0.05, 0.1) is 16.2 Å². The molecule has 9 heteroatoms. The van der Waals surface area contributed by atoms with E-state index in [-0.39, 0.29) is 23.9 Å². The summed E-state index contributed by atoms with van der Waals surface area (Å²) in [4.78, 5) is 14.9. The van der Waals surface area contributed by atoms with Crippen molar-refractivity contribution in [1.82, 2.24) is 13.6 Å². The number of hydrogen-bond donors (Lipinski definition) is 1. The van der Waals surface area contributed by atoms with Crippen LogP contribution in [0.3, 0.4) is 0 Å². The number of rotatable bonds is 4. The number of fused-ring (bicyclic) bond motifs is 1. The van der Waals surface area contributed by atoms with E-state index in [1.165, 1.54) is 15.8 Å². The van der Waals surface area contributed by atoms with Gasteiger partial charge >= 0.3 is 0 Å². The van der Waals surface area contributed by atoms with Crippen molar-refractivity contribution in [2.75, 3.05) is 38.5 Å². The molecule has 2 heterocycles. The van der Waals surface area contributed by atoms with E-state index in [2.05, 4.69) is 9.69 Å². The summed E-state index contributed by atoms with van der Waals surface area (Å²) in [5.74, 6) is -0.108. The van der Waals surface area contributed by atoms with Crippen LogP contribution in [-0.4, -0.2) is 61.1 Å². The maximum atomic E-state index is 13.1. The summed E-state index contributed by atoms with van der Waals surface area (Å²) < 4.78 is 31.9. The van der Waals surface area contributed by atoms with Gasteiger partial charge in [0.1, 0.15) is 5.00 Å². The number of carbonyl (C=O) groups excluding carboxylic acids is 1. The van der Waals surface area contributed by atoms with Crippen LogP contribution in [-0.2, 0) is 10.0 Å². The van der Waals surface area contributed by atoms with Gasteiger partial charge in [0.25, 0.3) is 5.91 Å². The number of nitrogens with one attached hydrogen (secondary N) is 1.